The topological polar surface area (TPSA) is 17.1 Å². The molecule has 0 saturated carbocycles. The smallest absolute Gasteiger partial charge is 0.252 e. The van der Waals surface area contributed by atoms with Crippen LogP contribution in [-0.2, 0) is 0 Å². The zero-order valence-corrected chi connectivity index (χ0v) is 11.0. The predicted molar refractivity (Wildman–Crippen MR) is 73.1 cm³/mol. The fraction of sp³-hybridized carbons (Fsp3) is 0. The monoisotopic (exact) mass is 286 g/mol. The van der Waals surface area contributed by atoms with Crippen LogP contribution in [-0.4, -0.2) is 5.24 Å². The molecular weight excluding hydrogens is 279 g/mol. The van der Waals surface area contributed by atoms with E-state index in [9.17, 15) is 4.79 Å². The van der Waals surface area contributed by atoms with Gasteiger partial charge in [0.25, 0.3) is 5.24 Å². The number of benzene rings is 2. The van der Waals surface area contributed by atoms with Gasteiger partial charge in [-0.15, -0.1) is 0 Å². The Balaban J connectivity index is 0.000000171. The number of carbonyl (C=O) groups excluding carboxylic acids is 1. The molecule has 0 aromatic heterocycles. The Bertz CT molecular complexity index is 462. The molecule has 0 radical (unpaired) electrons. The quantitative estimate of drug-likeness (QED) is 0.670. The lowest BCUT2D eigenvalue weighted by Gasteiger charge is -1.88. The second-order valence-electron chi connectivity index (χ2n) is 3.05. The van der Waals surface area contributed by atoms with E-state index in [2.05, 4.69) is 0 Å². The van der Waals surface area contributed by atoms with Gasteiger partial charge in [0, 0.05) is 5.56 Å². The average molecular weight is 288 g/mol. The van der Waals surface area contributed by atoms with Crippen LogP contribution in [0.4, 0.5) is 0 Å². The predicted octanol–water partition coefficient (Wildman–Crippen LogP) is 5.06. The Morgan fingerprint density at radius 3 is 1.47 bits per heavy atom. The highest BCUT2D eigenvalue weighted by atomic mass is 35.5. The van der Waals surface area contributed by atoms with E-state index >= 15 is 0 Å². The van der Waals surface area contributed by atoms with Crippen molar-refractivity contribution in [1.82, 2.24) is 0 Å². The lowest BCUT2D eigenvalue weighted by atomic mass is 10.2. The van der Waals surface area contributed by atoms with Crippen LogP contribution in [0.25, 0.3) is 0 Å². The normalized spacial score (nSPS) is 9.12. The van der Waals surface area contributed by atoms with Crippen LogP contribution in [0.2, 0.25) is 10.0 Å². The summed E-state index contributed by atoms with van der Waals surface area (Å²) in [7, 11) is 0. The van der Waals surface area contributed by atoms with Gasteiger partial charge in [0.1, 0.15) is 0 Å². The molecule has 0 aliphatic carbocycles. The third kappa shape index (κ3) is 5.22. The van der Waals surface area contributed by atoms with E-state index in [0.717, 1.165) is 0 Å². The maximum atomic E-state index is 10.4. The molecule has 0 N–H and O–H groups in total. The van der Waals surface area contributed by atoms with Crippen molar-refractivity contribution >= 4 is 40.0 Å². The molecule has 0 atom stereocenters. The molecule has 0 unspecified atom stereocenters. The van der Waals surface area contributed by atoms with Gasteiger partial charge in [-0.1, -0.05) is 65.7 Å². The second kappa shape index (κ2) is 7.33. The minimum Gasteiger partial charge on any atom is -0.276 e. The van der Waals surface area contributed by atoms with E-state index in [1.165, 1.54) is 0 Å². The molecule has 0 amide bonds. The molecule has 2 aromatic rings. The Hall–Kier alpha value is -1.02. The Kier molecular flexibility index (Phi) is 6.06. The van der Waals surface area contributed by atoms with E-state index in [1.54, 1.807) is 36.4 Å². The van der Waals surface area contributed by atoms with Gasteiger partial charge in [-0.3, -0.25) is 4.79 Å². The molecule has 0 aliphatic heterocycles. The minimum atomic E-state index is -0.407. The Morgan fingerprint density at radius 2 is 1.18 bits per heavy atom. The molecule has 0 bridgehead atoms. The van der Waals surface area contributed by atoms with Gasteiger partial charge in [-0.05, 0) is 23.7 Å². The maximum Gasteiger partial charge on any atom is 0.252 e. The van der Waals surface area contributed by atoms with Crippen LogP contribution in [0.1, 0.15) is 10.4 Å². The summed E-state index contributed by atoms with van der Waals surface area (Å²) >= 11 is 16.3. The van der Waals surface area contributed by atoms with Crippen LogP contribution < -0.4 is 0 Å². The van der Waals surface area contributed by atoms with Gasteiger partial charge in [-0.2, -0.15) is 0 Å². The number of carbonyl (C=O) groups is 1. The van der Waals surface area contributed by atoms with Crippen molar-refractivity contribution < 1.29 is 4.79 Å². The molecule has 4 heteroatoms. The summed E-state index contributed by atoms with van der Waals surface area (Å²) in [6, 6.07) is 15.9. The van der Waals surface area contributed by atoms with Gasteiger partial charge >= 0.3 is 0 Å². The van der Waals surface area contributed by atoms with Crippen molar-refractivity contribution in [3.63, 3.8) is 0 Å². The van der Waals surface area contributed by atoms with Crippen LogP contribution in [0, 0.1) is 0 Å². The van der Waals surface area contributed by atoms with E-state index < -0.39 is 5.24 Å². The highest BCUT2D eigenvalue weighted by Crippen LogP contribution is 2.19. The molecule has 0 spiro atoms. The summed E-state index contributed by atoms with van der Waals surface area (Å²) in [5.41, 5.74) is 0.541. The van der Waals surface area contributed by atoms with E-state index in [1.807, 2.05) is 18.2 Å². The average Bonchev–Trinajstić information content (AvgIpc) is 2.35. The van der Waals surface area contributed by atoms with Crippen LogP contribution in [0.3, 0.4) is 0 Å². The number of halogens is 3. The molecule has 88 valence electrons. The summed E-state index contributed by atoms with van der Waals surface area (Å²) < 4.78 is 0. The fourth-order valence-corrected chi connectivity index (χ4v) is 1.41. The molecule has 2 aromatic carbocycles. The zero-order chi connectivity index (χ0) is 12.7. The van der Waals surface area contributed by atoms with Crippen LogP contribution >= 0.6 is 34.8 Å². The molecule has 0 saturated heterocycles. The van der Waals surface area contributed by atoms with Gasteiger partial charge in [0.05, 0.1) is 10.0 Å². The first-order valence-corrected chi connectivity index (χ1v) is 5.89. The Morgan fingerprint density at radius 1 is 0.765 bits per heavy atom. The van der Waals surface area contributed by atoms with Crippen LogP contribution in [0.15, 0.2) is 54.6 Å². The highest BCUT2D eigenvalue weighted by molar-refractivity contribution is 6.67. The molecule has 0 heterocycles. The van der Waals surface area contributed by atoms with E-state index in [-0.39, 0.29) is 0 Å². The summed E-state index contributed by atoms with van der Waals surface area (Å²) in [5, 5.41) is 0.805. The standard InChI is InChI=1S/C7H5ClO.C6H4Cl2/c8-7(9)6-4-2-1-3-5-6;7-5-3-1-2-4-6(5)8/h1-5H;1-4H. The largest absolute Gasteiger partial charge is 0.276 e. The number of hydrogen-bond donors (Lipinski definition) is 0. The third-order valence-corrected chi connectivity index (χ3v) is 2.80. The van der Waals surface area contributed by atoms with E-state index in [4.69, 9.17) is 34.8 Å². The fourth-order valence-electron chi connectivity index (χ4n) is 1.01. The first kappa shape index (κ1) is 14.0. The van der Waals surface area contributed by atoms with Crippen molar-refractivity contribution in [1.29, 1.82) is 0 Å². The maximum absolute atomic E-state index is 10.4. The summed E-state index contributed by atoms with van der Waals surface area (Å²) in [6.07, 6.45) is 0. The lowest BCUT2D eigenvalue weighted by molar-refractivity contribution is 0.108. The zero-order valence-electron chi connectivity index (χ0n) is 8.74. The SMILES string of the molecule is Clc1ccccc1Cl.O=C(Cl)c1ccccc1. The summed E-state index contributed by atoms with van der Waals surface area (Å²) in [6.45, 7) is 0. The third-order valence-electron chi connectivity index (χ3n) is 1.83. The van der Waals surface area contributed by atoms with Gasteiger partial charge in [0.15, 0.2) is 0 Å². The summed E-state index contributed by atoms with van der Waals surface area (Å²) in [4.78, 5) is 10.4. The van der Waals surface area contributed by atoms with Crippen LogP contribution in [0.5, 0.6) is 0 Å². The highest BCUT2D eigenvalue weighted by Gasteiger charge is 1.95. The molecular formula is C13H9Cl3O. The van der Waals surface area contributed by atoms with Gasteiger partial charge < -0.3 is 0 Å². The molecule has 1 nitrogen and oxygen atoms in total. The van der Waals surface area contributed by atoms with Gasteiger partial charge in [0.2, 0.25) is 0 Å². The number of hydrogen-bond acceptors (Lipinski definition) is 1. The van der Waals surface area contributed by atoms with Crippen molar-refractivity contribution in [2.45, 2.75) is 0 Å². The first-order valence-electron chi connectivity index (χ1n) is 4.76. The van der Waals surface area contributed by atoms with Crippen molar-refractivity contribution in [2.24, 2.45) is 0 Å². The second-order valence-corrected chi connectivity index (χ2v) is 4.21. The molecule has 0 aliphatic rings. The molecule has 0 fully saturated rings. The Labute approximate surface area is 115 Å². The lowest BCUT2D eigenvalue weighted by Crippen LogP contribution is -1.84. The number of rotatable bonds is 1. The minimum absolute atomic E-state index is 0.407. The summed E-state index contributed by atoms with van der Waals surface area (Å²) in [5.74, 6) is 0. The van der Waals surface area contributed by atoms with Crippen molar-refractivity contribution in [3.8, 4) is 0 Å². The molecule has 17 heavy (non-hydrogen) atoms. The van der Waals surface area contributed by atoms with Gasteiger partial charge in [-0.25, -0.2) is 0 Å². The first-order chi connectivity index (χ1) is 8.11. The van der Waals surface area contributed by atoms with Crippen molar-refractivity contribution in [3.05, 3.63) is 70.2 Å². The van der Waals surface area contributed by atoms with Crippen molar-refractivity contribution in [2.75, 3.05) is 0 Å². The molecule has 2 rings (SSSR count). The van der Waals surface area contributed by atoms with E-state index in [0.29, 0.717) is 15.6 Å².